The van der Waals surface area contributed by atoms with Crippen molar-refractivity contribution in [1.82, 2.24) is 0 Å². The van der Waals surface area contributed by atoms with Crippen LogP contribution in [0.4, 0.5) is 11.4 Å². The zero-order valence-corrected chi connectivity index (χ0v) is 11.3. The van der Waals surface area contributed by atoms with E-state index in [9.17, 15) is 0 Å². The molecular formula is C17H19N. The molecule has 0 N–H and O–H groups in total. The highest BCUT2D eigenvalue weighted by molar-refractivity contribution is 5.73. The molecule has 1 heterocycles. The standard InChI is InChI=1S/C17H19N/c1-12-7-6-10-16(14(12)3)18-13(2)11-15-8-4-5-9-17(15)18/h4-10,13H,11H2,1-3H3/t13-/m1/s1. The Bertz CT molecular complexity index is 586. The monoisotopic (exact) mass is 237 g/mol. The van der Waals surface area contributed by atoms with Gasteiger partial charge in [0.05, 0.1) is 0 Å². The lowest BCUT2D eigenvalue weighted by Crippen LogP contribution is -2.24. The van der Waals surface area contributed by atoms with Crippen LogP contribution in [-0.4, -0.2) is 6.04 Å². The van der Waals surface area contributed by atoms with E-state index in [0.29, 0.717) is 6.04 Å². The molecule has 3 rings (SSSR count). The van der Waals surface area contributed by atoms with Crippen LogP contribution in [0.15, 0.2) is 42.5 Å². The molecule has 0 aliphatic carbocycles. The van der Waals surface area contributed by atoms with Gasteiger partial charge in [0.25, 0.3) is 0 Å². The van der Waals surface area contributed by atoms with Gasteiger partial charge in [-0.1, -0.05) is 30.3 Å². The van der Waals surface area contributed by atoms with E-state index in [0.717, 1.165) is 6.42 Å². The zero-order valence-electron chi connectivity index (χ0n) is 11.3. The van der Waals surface area contributed by atoms with Crippen LogP contribution in [0.2, 0.25) is 0 Å². The van der Waals surface area contributed by atoms with E-state index in [1.807, 2.05) is 0 Å². The molecule has 1 aliphatic heterocycles. The first-order chi connectivity index (χ1) is 8.68. The highest BCUT2D eigenvalue weighted by atomic mass is 15.2. The fourth-order valence-electron chi connectivity index (χ4n) is 2.93. The Morgan fingerprint density at radius 1 is 0.944 bits per heavy atom. The molecule has 1 heteroatoms. The second kappa shape index (κ2) is 4.16. The van der Waals surface area contributed by atoms with Gasteiger partial charge in [-0.05, 0) is 56.0 Å². The molecule has 1 nitrogen and oxygen atoms in total. The maximum atomic E-state index is 2.48. The predicted octanol–water partition coefficient (Wildman–Crippen LogP) is 4.39. The van der Waals surface area contributed by atoms with Crippen LogP contribution in [0, 0.1) is 13.8 Å². The quantitative estimate of drug-likeness (QED) is 0.711. The van der Waals surface area contributed by atoms with Crippen LogP contribution >= 0.6 is 0 Å². The van der Waals surface area contributed by atoms with Crippen molar-refractivity contribution in [2.45, 2.75) is 33.2 Å². The molecule has 0 amide bonds. The van der Waals surface area contributed by atoms with E-state index >= 15 is 0 Å². The van der Waals surface area contributed by atoms with Crippen molar-refractivity contribution in [2.75, 3.05) is 4.90 Å². The Labute approximate surface area is 109 Å². The summed E-state index contributed by atoms with van der Waals surface area (Å²) in [4.78, 5) is 2.48. The summed E-state index contributed by atoms with van der Waals surface area (Å²) < 4.78 is 0. The Kier molecular flexibility index (Phi) is 2.62. The lowest BCUT2D eigenvalue weighted by Gasteiger charge is -2.27. The van der Waals surface area contributed by atoms with Crippen LogP contribution in [0.1, 0.15) is 23.6 Å². The molecule has 0 bridgehead atoms. The van der Waals surface area contributed by atoms with Gasteiger partial charge >= 0.3 is 0 Å². The molecule has 0 unspecified atom stereocenters. The van der Waals surface area contributed by atoms with Crippen molar-refractivity contribution in [3.63, 3.8) is 0 Å². The van der Waals surface area contributed by atoms with Gasteiger partial charge in [-0.2, -0.15) is 0 Å². The first kappa shape index (κ1) is 11.3. The maximum Gasteiger partial charge on any atom is 0.0446 e. The van der Waals surface area contributed by atoms with Crippen molar-refractivity contribution in [1.29, 1.82) is 0 Å². The summed E-state index contributed by atoms with van der Waals surface area (Å²) in [5.41, 5.74) is 6.95. The number of hydrogen-bond acceptors (Lipinski definition) is 1. The summed E-state index contributed by atoms with van der Waals surface area (Å²) in [6.45, 7) is 6.71. The van der Waals surface area contributed by atoms with Crippen LogP contribution in [0.25, 0.3) is 0 Å². The Hall–Kier alpha value is -1.76. The van der Waals surface area contributed by atoms with Gasteiger partial charge in [-0.15, -0.1) is 0 Å². The smallest absolute Gasteiger partial charge is 0.0446 e. The van der Waals surface area contributed by atoms with Crippen molar-refractivity contribution in [3.8, 4) is 0 Å². The Morgan fingerprint density at radius 2 is 1.67 bits per heavy atom. The summed E-state index contributed by atoms with van der Waals surface area (Å²) in [6, 6.07) is 15.9. The summed E-state index contributed by atoms with van der Waals surface area (Å²) in [5, 5.41) is 0. The van der Waals surface area contributed by atoms with Gasteiger partial charge in [0.1, 0.15) is 0 Å². The van der Waals surface area contributed by atoms with Crippen LogP contribution in [-0.2, 0) is 6.42 Å². The van der Waals surface area contributed by atoms with Crippen molar-refractivity contribution in [3.05, 3.63) is 59.2 Å². The maximum absolute atomic E-state index is 2.48. The molecule has 2 aromatic carbocycles. The summed E-state index contributed by atoms with van der Waals surface area (Å²) in [5.74, 6) is 0. The number of anilines is 2. The van der Waals surface area contributed by atoms with E-state index in [-0.39, 0.29) is 0 Å². The molecule has 0 saturated carbocycles. The average Bonchev–Trinajstić information content (AvgIpc) is 2.69. The van der Waals surface area contributed by atoms with Gasteiger partial charge in [0.15, 0.2) is 0 Å². The molecule has 18 heavy (non-hydrogen) atoms. The fraction of sp³-hybridized carbons (Fsp3) is 0.294. The van der Waals surface area contributed by atoms with Gasteiger partial charge in [0, 0.05) is 17.4 Å². The van der Waals surface area contributed by atoms with Gasteiger partial charge < -0.3 is 4.90 Å². The summed E-state index contributed by atoms with van der Waals surface area (Å²) in [6.07, 6.45) is 1.14. The predicted molar refractivity (Wildman–Crippen MR) is 77.7 cm³/mol. The first-order valence-electron chi connectivity index (χ1n) is 6.62. The number of benzene rings is 2. The molecule has 0 saturated heterocycles. The molecule has 0 fully saturated rings. The van der Waals surface area contributed by atoms with Crippen molar-refractivity contribution in [2.24, 2.45) is 0 Å². The normalized spacial score (nSPS) is 17.9. The number of aryl methyl sites for hydroxylation is 1. The Balaban J connectivity index is 2.15. The lowest BCUT2D eigenvalue weighted by molar-refractivity contribution is 0.757. The first-order valence-corrected chi connectivity index (χ1v) is 6.62. The van der Waals surface area contributed by atoms with E-state index in [1.54, 1.807) is 0 Å². The molecule has 0 aromatic heterocycles. The van der Waals surface area contributed by atoms with E-state index in [2.05, 4.69) is 68.1 Å². The third-order valence-corrected chi connectivity index (χ3v) is 4.04. The van der Waals surface area contributed by atoms with Gasteiger partial charge in [-0.25, -0.2) is 0 Å². The SMILES string of the molecule is Cc1cccc(N2c3ccccc3C[C@H]2C)c1C. The van der Waals surface area contributed by atoms with Gasteiger partial charge in [0.2, 0.25) is 0 Å². The molecular weight excluding hydrogens is 218 g/mol. The molecule has 1 aliphatic rings. The van der Waals surface area contributed by atoms with Gasteiger partial charge in [-0.3, -0.25) is 0 Å². The highest BCUT2D eigenvalue weighted by Gasteiger charge is 2.27. The largest absolute Gasteiger partial charge is 0.338 e. The second-order valence-corrected chi connectivity index (χ2v) is 5.27. The van der Waals surface area contributed by atoms with Crippen LogP contribution in [0.3, 0.4) is 0 Å². The molecule has 1 atom stereocenters. The topological polar surface area (TPSA) is 3.24 Å². The number of nitrogens with zero attached hydrogens (tertiary/aromatic N) is 1. The zero-order chi connectivity index (χ0) is 12.7. The minimum Gasteiger partial charge on any atom is -0.338 e. The molecule has 2 aromatic rings. The average molecular weight is 237 g/mol. The minimum atomic E-state index is 0.544. The van der Waals surface area contributed by atoms with Crippen molar-refractivity contribution >= 4 is 11.4 Å². The summed E-state index contributed by atoms with van der Waals surface area (Å²) >= 11 is 0. The fourth-order valence-corrected chi connectivity index (χ4v) is 2.93. The van der Waals surface area contributed by atoms with Crippen LogP contribution < -0.4 is 4.90 Å². The number of hydrogen-bond donors (Lipinski definition) is 0. The lowest BCUT2D eigenvalue weighted by atomic mass is 10.1. The number of para-hydroxylation sites is 1. The highest BCUT2D eigenvalue weighted by Crippen LogP contribution is 2.39. The molecule has 0 radical (unpaired) electrons. The molecule has 0 spiro atoms. The number of rotatable bonds is 1. The van der Waals surface area contributed by atoms with E-state index in [4.69, 9.17) is 0 Å². The second-order valence-electron chi connectivity index (χ2n) is 5.27. The van der Waals surface area contributed by atoms with Crippen LogP contribution in [0.5, 0.6) is 0 Å². The summed E-state index contributed by atoms with van der Waals surface area (Å²) in [7, 11) is 0. The van der Waals surface area contributed by atoms with E-state index in [1.165, 1.54) is 28.1 Å². The number of fused-ring (bicyclic) bond motifs is 1. The van der Waals surface area contributed by atoms with E-state index < -0.39 is 0 Å². The Morgan fingerprint density at radius 3 is 2.50 bits per heavy atom. The third kappa shape index (κ3) is 1.62. The minimum absolute atomic E-state index is 0.544. The van der Waals surface area contributed by atoms with Crippen molar-refractivity contribution < 1.29 is 0 Å². The third-order valence-electron chi connectivity index (χ3n) is 4.04. The molecule has 92 valence electrons.